The van der Waals surface area contributed by atoms with Gasteiger partial charge in [0.05, 0.1) is 23.9 Å². The Morgan fingerprint density at radius 2 is 1.62 bits per heavy atom. The van der Waals surface area contributed by atoms with Crippen LogP contribution in [0.1, 0.15) is 36.0 Å². The average Bonchev–Trinajstić information content (AvgIpc) is 2.83. The van der Waals surface area contributed by atoms with E-state index in [1.165, 1.54) is 18.3 Å². The van der Waals surface area contributed by atoms with Crippen molar-refractivity contribution in [3.05, 3.63) is 102 Å². The molecule has 1 amide bonds. The van der Waals surface area contributed by atoms with Crippen LogP contribution < -0.4 is 5.01 Å². The van der Waals surface area contributed by atoms with Gasteiger partial charge in [-0.05, 0) is 35.2 Å². The minimum atomic E-state index is -4.59. The molecule has 0 aromatic heterocycles. The van der Waals surface area contributed by atoms with Gasteiger partial charge in [-0.25, -0.2) is 0 Å². The minimum Gasteiger partial charge on any atom is -0.455 e. The summed E-state index contributed by atoms with van der Waals surface area (Å²) in [7, 11) is 0. The van der Waals surface area contributed by atoms with Gasteiger partial charge < -0.3 is 4.74 Å². The molecule has 176 valence electrons. The second-order valence-electron chi connectivity index (χ2n) is 7.59. The van der Waals surface area contributed by atoms with E-state index in [1.807, 2.05) is 37.3 Å². The Bertz CT molecular complexity index is 1130. The maximum Gasteiger partial charge on any atom is 0.416 e. The molecule has 0 aliphatic rings. The van der Waals surface area contributed by atoms with E-state index < -0.39 is 30.2 Å². The summed E-state index contributed by atoms with van der Waals surface area (Å²) in [6.07, 6.45) is -3.19. The molecule has 8 heteroatoms. The quantitative estimate of drug-likeness (QED) is 0.238. The second-order valence-corrected chi connectivity index (χ2v) is 7.59. The van der Waals surface area contributed by atoms with Crippen LogP contribution in [0.4, 0.5) is 18.9 Å². The van der Waals surface area contributed by atoms with E-state index in [0.29, 0.717) is 5.56 Å². The van der Waals surface area contributed by atoms with Gasteiger partial charge in [0.2, 0.25) is 0 Å². The zero-order chi connectivity index (χ0) is 24.6. The van der Waals surface area contributed by atoms with Crippen molar-refractivity contribution in [2.45, 2.75) is 25.4 Å². The number of hydrogen-bond acceptors (Lipinski definition) is 4. The van der Waals surface area contributed by atoms with Crippen LogP contribution in [0.2, 0.25) is 0 Å². The summed E-state index contributed by atoms with van der Waals surface area (Å²) in [5.74, 6) is -1.51. The number of amides is 1. The summed E-state index contributed by atoms with van der Waals surface area (Å²) < 4.78 is 44.7. The monoisotopic (exact) mass is 468 g/mol. The fraction of sp³-hybridized carbons (Fsp3) is 0.192. The predicted molar refractivity (Wildman–Crippen MR) is 123 cm³/mol. The number of carbonyl (C=O) groups excluding carboxylic acids is 2. The molecule has 1 unspecified atom stereocenters. The number of alkyl halides is 3. The molecule has 0 spiro atoms. The van der Waals surface area contributed by atoms with Crippen LogP contribution in [0.15, 0.2) is 90.0 Å². The number of hydrogen-bond donors (Lipinski definition) is 0. The average molecular weight is 468 g/mol. The summed E-state index contributed by atoms with van der Waals surface area (Å²) in [4.78, 5) is 25.1. The molecule has 0 aliphatic heterocycles. The summed E-state index contributed by atoms with van der Waals surface area (Å²) in [6, 6.07) is 22.3. The van der Waals surface area contributed by atoms with Gasteiger partial charge in [0.1, 0.15) is 0 Å². The molecule has 0 bridgehead atoms. The van der Waals surface area contributed by atoms with Crippen molar-refractivity contribution >= 4 is 23.8 Å². The zero-order valence-electron chi connectivity index (χ0n) is 18.4. The molecular weight excluding hydrogens is 445 g/mol. The first-order valence-electron chi connectivity index (χ1n) is 10.5. The highest BCUT2D eigenvalue weighted by atomic mass is 19.4. The summed E-state index contributed by atoms with van der Waals surface area (Å²) in [5, 5.41) is 4.88. The van der Waals surface area contributed by atoms with E-state index >= 15 is 0 Å². The van der Waals surface area contributed by atoms with Crippen LogP contribution in [0.25, 0.3) is 0 Å². The highest BCUT2D eigenvalue weighted by molar-refractivity contribution is 5.96. The van der Waals surface area contributed by atoms with E-state index in [2.05, 4.69) is 5.10 Å². The Labute approximate surface area is 195 Å². The predicted octanol–water partition coefficient (Wildman–Crippen LogP) is 5.81. The molecule has 0 saturated carbocycles. The summed E-state index contributed by atoms with van der Waals surface area (Å²) in [6.45, 7) is 1.19. The van der Waals surface area contributed by atoms with Crippen LogP contribution in [-0.4, -0.2) is 24.7 Å². The molecule has 0 N–H and O–H groups in total. The number of carbonyl (C=O) groups is 2. The zero-order valence-corrected chi connectivity index (χ0v) is 18.4. The molecular formula is C26H23F3N2O3. The lowest BCUT2D eigenvalue weighted by Gasteiger charge is -2.19. The topological polar surface area (TPSA) is 59.0 Å². The Hall–Kier alpha value is -3.94. The molecule has 3 rings (SSSR count). The summed E-state index contributed by atoms with van der Waals surface area (Å²) in [5.41, 5.74) is 0.567. The van der Waals surface area contributed by atoms with E-state index in [0.717, 1.165) is 22.7 Å². The van der Waals surface area contributed by atoms with E-state index in [4.69, 9.17) is 4.74 Å². The number of anilines is 1. The van der Waals surface area contributed by atoms with Crippen molar-refractivity contribution in [3.63, 3.8) is 0 Å². The first kappa shape index (κ1) is 24.7. The van der Waals surface area contributed by atoms with Crippen LogP contribution in [-0.2, 0) is 20.5 Å². The molecule has 3 aromatic carbocycles. The van der Waals surface area contributed by atoms with Crippen LogP contribution >= 0.6 is 0 Å². The normalized spacial score (nSPS) is 12.4. The van der Waals surface area contributed by atoms with Gasteiger partial charge in [-0.2, -0.15) is 23.3 Å². The standard InChI is InChI=1S/C26H23F3N2O3/c1-19(21-11-6-3-7-12-21)15-25(33)34-18-24(32)31(30-17-20-9-4-2-5-10-20)23-14-8-13-22(16-23)26(27,28)29/h2-14,16-17,19H,15,18H2,1H3/b30-17+. The number of nitrogens with zero attached hydrogens (tertiary/aromatic N) is 2. The van der Waals surface area contributed by atoms with Gasteiger partial charge in [-0.3, -0.25) is 9.59 Å². The molecule has 34 heavy (non-hydrogen) atoms. The van der Waals surface area contributed by atoms with Crippen molar-refractivity contribution in [1.29, 1.82) is 0 Å². The van der Waals surface area contributed by atoms with E-state index in [-0.39, 0.29) is 18.0 Å². The number of rotatable bonds is 8. The minimum absolute atomic E-state index is 0.0497. The third kappa shape index (κ3) is 7.03. The highest BCUT2D eigenvalue weighted by Gasteiger charge is 2.31. The molecule has 1 atom stereocenters. The van der Waals surface area contributed by atoms with E-state index in [1.54, 1.807) is 30.3 Å². The van der Waals surface area contributed by atoms with Crippen LogP contribution in [0.5, 0.6) is 0 Å². The molecule has 0 radical (unpaired) electrons. The van der Waals surface area contributed by atoms with Gasteiger partial charge in [0, 0.05) is 0 Å². The molecule has 0 aliphatic carbocycles. The van der Waals surface area contributed by atoms with Crippen molar-refractivity contribution < 1.29 is 27.5 Å². The Morgan fingerprint density at radius 1 is 0.971 bits per heavy atom. The number of esters is 1. The lowest BCUT2D eigenvalue weighted by molar-refractivity contribution is -0.148. The maximum absolute atomic E-state index is 13.2. The van der Waals surface area contributed by atoms with Gasteiger partial charge in [0.15, 0.2) is 6.61 Å². The highest BCUT2D eigenvalue weighted by Crippen LogP contribution is 2.32. The van der Waals surface area contributed by atoms with Crippen molar-refractivity contribution in [3.8, 4) is 0 Å². The summed E-state index contributed by atoms with van der Waals surface area (Å²) >= 11 is 0. The van der Waals surface area contributed by atoms with Crippen molar-refractivity contribution in [2.24, 2.45) is 5.10 Å². The maximum atomic E-state index is 13.2. The first-order valence-corrected chi connectivity index (χ1v) is 10.5. The van der Waals surface area contributed by atoms with Gasteiger partial charge in [-0.1, -0.05) is 73.7 Å². The lowest BCUT2D eigenvalue weighted by Crippen LogP contribution is -2.31. The van der Waals surface area contributed by atoms with Gasteiger partial charge in [0.25, 0.3) is 5.91 Å². The molecule has 0 fully saturated rings. The third-order valence-corrected chi connectivity index (χ3v) is 4.97. The molecule has 5 nitrogen and oxygen atoms in total. The third-order valence-electron chi connectivity index (χ3n) is 4.97. The number of hydrazone groups is 1. The van der Waals surface area contributed by atoms with Gasteiger partial charge in [-0.15, -0.1) is 0 Å². The number of ether oxygens (including phenoxy) is 1. The van der Waals surface area contributed by atoms with Crippen molar-refractivity contribution in [2.75, 3.05) is 11.6 Å². The van der Waals surface area contributed by atoms with Crippen molar-refractivity contribution in [1.82, 2.24) is 0 Å². The molecule has 3 aromatic rings. The second kappa shape index (κ2) is 11.3. The Morgan fingerprint density at radius 3 is 2.26 bits per heavy atom. The Balaban J connectivity index is 1.74. The van der Waals surface area contributed by atoms with Crippen LogP contribution in [0, 0.1) is 0 Å². The largest absolute Gasteiger partial charge is 0.455 e. The number of halogens is 3. The fourth-order valence-electron chi connectivity index (χ4n) is 3.16. The van der Waals surface area contributed by atoms with Crippen LogP contribution in [0.3, 0.4) is 0 Å². The number of benzene rings is 3. The van der Waals surface area contributed by atoms with Gasteiger partial charge >= 0.3 is 12.1 Å². The Kier molecular flexibility index (Phi) is 8.19. The SMILES string of the molecule is CC(CC(=O)OCC(=O)N(/N=C/c1ccccc1)c1cccc(C(F)(F)F)c1)c1ccccc1. The smallest absolute Gasteiger partial charge is 0.416 e. The first-order chi connectivity index (χ1) is 16.2. The lowest BCUT2D eigenvalue weighted by atomic mass is 9.98. The molecule has 0 saturated heterocycles. The molecule has 0 heterocycles. The fourth-order valence-corrected chi connectivity index (χ4v) is 3.16. The van der Waals surface area contributed by atoms with E-state index in [9.17, 15) is 22.8 Å².